The van der Waals surface area contributed by atoms with Crippen LogP contribution in [0.3, 0.4) is 0 Å². The molecule has 3 heterocycles. The molecule has 1 saturated heterocycles. The number of rotatable bonds is 7. The molecule has 1 fully saturated rings. The van der Waals surface area contributed by atoms with Crippen molar-refractivity contribution in [3.8, 4) is 17.3 Å². The second kappa shape index (κ2) is 9.82. The van der Waals surface area contributed by atoms with E-state index >= 15 is 0 Å². The molecule has 0 bridgehead atoms. The Morgan fingerprint density at radius 1 is 1.25 bits per heavy atom. The summed E-state index contributed by atoms with van der Waals surface area (Å²) in [6.07, 6.45) is -0.242. The molecule has 3 aromatic rings. The first-order chi connectivity index (χ1) is 15.5. The maximum Gasteiger partial charge on any atom is 0.246 e. The summed E-state index contributed by atoms with van der Waals surface area (Å²) in [5, 5.41) is 12.4. The van der Waals surface area contributed by atoms with E-state index in [0.29, 0.717) is 38.0 Å². The van der Waals surface area contributed by atoms with E-state index in [0.717, 1.165) is 17.1 Å². The topological polar surface area (TPSA) is 108 Å². The Morgan fingerprint density at radius 3 is 2.84 bits per heavy atom. The van der Waals surface area contributed by atoms with Crippen LogP contribution in [0.15, 0.2) is 36.4 Å². The molecule has 168 valence electrons. The van der Waals surface area contributed by atoms with Crippen LogP contribution in [0.25, 0.3) is 11.4 Å². The Kier molecular flexibility index (Phi) is 6.69. The average Bonchev–Trinajstić information content (AvgIpc) is 3.26. The summed E-state index contributed by atoms with van der Waals surface area (Å²) in [4.78, 5) is 24.7. The van der Waals surface area contributed by atoms with Crippen LogP contribution in [0.5, 0.6) is 5.88 Å². The van der Waals surface area contributed by atoms with E-state index in [4.69, 9.17) is 9.47 Å². The molecule has 4 rings (SSSR count). The predicted molar refractivity (Wildman–Crippen MR) is 116 cm³/mol. The average molecular weight is 438 g/mol. The molecule has 0 radical (unpaired) electrons. The van der Waals surface area contributed by atoms with E-state index in [9.17, 15) is 4.79 Å². The van der Waals surface area contributed by atoms with Gasteiger partial charge in [0.05, 0.1) is 13.2 Å². The van der Waals surface area contributed by atoms with Crippen molar-refractivity contribution in [3.05, 3.63) is 47.9 Å². The molecule has 1 amide bonds. The molecule has 10 nitrogen and oxygen atoms in total. The van der Waals surface area contributed by atoms with E-state index in [1.54, 1.807) is 11.0 Å². The lowest BCUT2D eigenvalue weighted by Gasteiger charge is -2.32. The van der Waals surface area contributed by atoms with E-state index in [1.807, 2.05) is 51.1 Å². The highest BCUT2D eigenvalue weighted by Gasteiger charge is 2.26. The van der Waals surface area contributed by atoms with Crippen molar-refractivity contribution in [3.63, 3.8) is 0 Å². The first-order valence-corrected chi connectivity index (χ1v) is 10.7. The van der Waals surface area contributed by atoms with Gasteiger partial charge in [0.1, 0.15) is 25.1 Å². The molecule has 10 heteroatoms. The highest BCUT2D eigenvalue weighted by molar-refractivity contribution is 5.76. The van der Waals surface area contributed by atoms with Crippen LogP contribution < -0.4 is 4.74 Å². The molecular weight excluding hydrogens is 410 g/mol. The third kappa shape index (κ3) is 5.44. The minimum atomic E-state index is -0.242. The van der Waals surface area contributed by atoms with Crippen LogP contribution in [-0.2, 0) is 16.1 Å². The lowest BCUT2D eigenvalue weighted by atomic mass is 10.2. The SMILES string of the molecule is Cc1cc(OCC2CN(C(=O)Cn3nnc(-c4ccccc4)n3)CCO2)nc(C(C)C)n1. The summed E-state index contributed by atoms with van der Waals surface area (Å²) < 4.78 is 11.6. The van der Waals surface area contributed by atoms with Crippen LogP contribution in [-0.4, -0.2) is 73.4 Å². The first-order valence-electron chi connectivity index (χ1n) is 10.7. The molecule has 0 spiro atoms. The minimum Gasteiger partial charge on any atom is -0.475 e. The van der Waals surface area contributed by atoms with Gasteiger partial charge in [-0.3, -0.25) is 4.79 Å². The third-order valence-electron chi connectivity index (χ3n) is 5.03. The van der Waals surface area contributed by atoms with Gasteiger partial charge in [0.15, 0.2) is 0 Å². The summed E-state index contributed by atoms with van der Waals surface area (Å²) in [6.45, 7) is 7.71. The van der Waals surface area contributed by atoms with E-state index in [2.05, 4.69) is 25.4 Å². The van der Waals surface area contributed by atoms with E-state index in [1.165, 1.54) is 4.80 Å². The Labute approximate surface area is 186 Å². The number of amides is 1. The van der Waals surface area contributed by atoms with Crippen LogP contribution >= 0.6 is 0 Å². The summed E-state index contributed by atoms with van der Waals surface area (Å²) in [7, 11) is 0. The van der Waals surface area contributed by atoms with Gasteiger partial charge in [-0.15, -0.1) is 10.2 Å². The lowest BCUT2D eigenvalue weighted by molar-refractivity contribution is -0.141. The number of carbonyl (C=O) groups is 1. The van der Waals surface area contributed by atoms with Crippen LogP contribution in [0.1, 0.15) is 31.3 Å². The van der Waals surface area contributed by atoms with Crippen LogP contribution in [0, 0.1) is 6.92 Å². The second-order valence-corrected chi connectivity index (χ2v) is 8.01. The number of aromatic nitrogens is 6. The third-order valence-corrected chi connectivity index (χ3v) is 5.03. The number of aryl methyl sites for hydroxylation is 1. The van der Waals surface area contributed by atoms with Crippen LogP contribution in [0.4, 0.5) is 0 Å². The zero-order valence-electron chi connectivity index (χ0n) is 18.5. The smallest absolute Gasteiger partial charge is 0.246 e. The quantitative estimate of drug-likeness (QED) is 0.551. The number of hydrogen-bond acceptors (Lipinski definition) is 8. The lowest BCUT2D eigenvalue weighted by Crippen LogP contribution is -2.48. The molecule has 0 N–H and O–H groups in total. The van der Waals surface area contributed by atoms with Crippen molar-refractivity contribution in [2.45, 2.75) is 39.3 Å². The van der Waals surface area contributed by atoms with Crippen molar-refractivity contribution >= 4 is 5.91 Å². The molecule has 1 unspecified atom stereocenters. The summed E-state index contributed by atoms with van der Waals surface area (Å²) >= 11 is 0. The van der Waals surface area contributed by atoms with Gasteiger partial charge >= 0.3 is 0 Å². The number of nitrogens with zero attached hydrogens (tertiary/aromatic N) is 7. The maximum atomic E-state index is 12.8. The molecule has 1 aliphatic heterocycles. The molecule has 1 aromatic carbocycles. The van der Waals surface area contributed by atoms with Gasteiger partial charge in [0.25, 0.3) is 0 Å². The number of tetrazole rings is 1. The molecule has 1 atom stereocenters. The van der Waals surface area contributed by atoms with Crippen molar-refractivity contribution in [1.29, 1.82) is 0 Å². The van der Waals surface area contributed by atoms with Gasteiger partial charge in [-0.2, -0.15) is 9.78 Å². The largest absolute Gasteiger partial charge is 0.475 e. The first kappa shape index (κ1) is 21.8. The Bertz CT molecular complexity index is 1050. The molecule has 32 heavy (non-hydrogen) atoms. The van der Waals surface area contributed by atoms with Crippen molar-refractivity contribution in [1.82, 2.24) is 35.1 Å². The van der Waals surface area contributed by atoms with E-state index in [-0.39, 0.29) is 24.5 Å². The molecular formula is C22H27N7O3. The molecule has 0 aliphatic carbocycles. The van der Waals surface area contributed by atoms with Gasteiger partial charge in [-0.25, -0.2) is 4.98 Å². The van der Waals surface area contributed by atoms with E-state index < -0.39 is 0 Å². The summed E-state index contributed by atoms with van der Waals surface area (Å²) in [5.41, 5.74) is 1.71. The summed E-state index contributed by atoms with van der Waals surface area (Å²) in [6, 6.07) is 11.3. The fourth-order valence-electron chi connectivity index (χ4n) is 3.35. The number of benzene rings is 1. The van der Waals surface area contributed by atoms with Gasteiger partial charge in [-0.1, -0.05) is 44.2 Å². The minimum absolute atomic E-state index is 0.0241. The number of ether oxygens (including phenoxy) is 2. The number of morpholine rings is 1. The highest BCUT2D eigenvalue weighted by Crippen LogP contribution is 2.17. The zero-order chi connectivity index (χ0) is 22.5. The molecule has 2 aromatic heterocycles. The molecule has 1 aliphatic rings. The predicted octanol–water partition coefficient (Wildman–Crippen LogP) is 1.87. The van der Waals surface area contributed by atoms with Gasteiger partial charge in [0, 0.05) is 29.8 Å². The highest BCUT2D eigenvalue weighted by atomic mass is 16.5. The Morgan fingerprint density at radius 2 is 2.06 bits per heavy atom. The number of carbonyl (C=O) groups excluding carboxylic acids is 1. The van der Waals surface area contributed by atoms with Gasteiger partial charge in [0.2, 0.25) is 17.6 Å². The standard InChI is InChI=1S/C22H27N7O3/c1-15(2)21-23-16(3)11-19(24-21)32-14-18-12-28(9-10-31-18)20(30)13-29-26-22(25-27-29)17-7-5-4-6-8-17/h4-8,11,15,18H,9-10,12-14H2,1-3H3. The fourth-order valence-corrected chi connectivity index (χ4v) is 3.35. The van der Waals surface area contributed by atoms with Crippen LogP contribution in [0.2, 0.25) is 0 Å². The van der Waals surface area contributed by atoms with Gasteiger partial charge < -0.3 is 14.4 Å². The van der Waals surface area contributed by atoms with Gasteiger partial charge in [-0.05, 0) is 12.1 Å². The second-order valence-electron chi connectivity index (χ2n) is 8.01. The fraction of sp³-hybridized carbons (Fsp3) is 0.455. The monoisotopic (exact) mass is 437 g/mol. The Balaban J connectivity index is 1.32. The van der Waals surface area contributed by atoms with Crippen molar-refractivity contribution < 1.29 is 14.3 Å². The number of hydrogen-bond donors (Lipinski definition) is 0. The Hall–Kier alpha value is -3.40. The van der Waals surface area contributed by atoms with Crippen molar-refractivity contribution in [2.75, 3.05) is 26.3 Å². The van der Waals surface area contributed by atoms with Crippen molar-refractivity contribution in [2.24, 2.45) is 0 Å². The molecule has 0 saturated carbocycles. The summed E-state index contributed by atoms with van der Waals surface area (Å²) in [5.74, 6) is 1.89. The normalized spacial score (nSPS) is 16.4. The zero-order valence-corrected chi connectivity index (χ0v) is 18.5. The maximum absolute atomic E-state index is 12.8.